The van der Waals surface area contributed by atoms with Gasteiger partial charge in [-0.2, -0.15) is 0 Å². The molecule has 2 aliphatic heterocycles. The SMILES string of the molecule is O=C(O)Nc1nc2ccc(-c3ccc4c(c3)CN(C(=O)N3CCC(O)(CF)CC3)CCO4)cc2[nH]1. The van der Waals surface area contributed by atoms with Gasteiger partial charge in [-0.3, -0.25) is 5.32 Å². The monoisotopic (exact) mass is 483 g/mol. The van der Waals surface area contributed by atoms with E-state index in [2.05, 4.69) is 15.3 Å². The summed E-state index contributed by atoms with van der Waals surface area (Å²) < 4.78 is 19.0. The summed E-state index contributed by atoms with van der Waals surface area (Å²) in [7, 11) is 0. The molecule has 0 aliphatic carbocycles. The molecule has 11 heteroatoms. The highest BCUT2D eigenvalue weighted by Gasteiger charge is 2.35. The van der Waals surface area contributed by atoms with Gasteiger partial charge in [-0.25, -0.2) is 19.0 Å². The molecule has 0 radical (unpaired) electrons. The van der Waals surface area contributed by atoms with Gasteiger partial charge in [-0.05, 0) is 48.2 Å². The van der Waals surface area contributed by atoms with Gasteiger partial charge >= 0.3 is 12.1 Å². The van der Waals surface area contributed by atoms with E-state index in [9.17, 15) is 19.1 Å². The third-order valence-electron chi connectivity index (χ3n) is 6.56. The van der Waals surface area contributed by atoms with E-state index < -0.39 is 18.4 Å². The zero-order valence-corrected chi connectivity index (χ0v) is 19.0. The lowest BCUT2D eigenvalue weighted by molar-refractivity contribution is -0.0329. The van der Waals surface area contributed by atoms with Crippen LogP contribution in [0.15, 0.2) is 36.4 Å². The number of alkyl halides is 1. The van der Waals surface area contributed by atoms with Gasteiger partial charge in [-0.15, -0.1) is 0 Å². The van der Waals surface area contributed by atoms with Crippen LogP contribution in [-0.4, -0.2) is 80.6 Å². The molecule has 0 atom stereocenters. The predicted molar refractivity (Wildman–Crippen MR) is 126 cm³/mol. The van der Waals surface area contributed by atoms with Crippen LogP contribution >= 0.6 is 0 Å². The second-order valence-corrected chi connectivity index (χ2v) is 8.97. The van der Waals surface area contributed by atoms with Crippen LogP contribution in [0, 0.1) is 0 Å². The van der Waals surface area contributed by atoms with E-state index in [0.29, 0.717) is 49.6 Å². The first kappa shape index (κ1) is 22.9. The van der Waals surface area contributed by atoms with E-state index >= 15 is 0 Å². The Morgan fingerprint density at radius 2 is 1.86 bits per heavy atom. The van der Waals surface area contributed by atoms with Crippen molar-refractivity contribution in [1.29, 1.82) is 0 Å². The maximum Gasteiger partial charge on any atom is 0.411 e. The molecule has 1 aromatic heterocycles. The standard InChI is InChI=1S/C24H26FN5O5/c25-14-24(34)5-7-29(8-6-24)23(33)30-9-10-35-20-4-2-15(11-17(20)13-30)16-1-3-18-19(12-16)27-21(26-18)28-22(31)32/h1-4,11-12,34H,5-10,13-14H2,(H,31,32)(H2,26,27,28). The molecular formula is C24H26FN5O5. The van der Waals surface area contributed by atoms with Crippen molar-refractivity contribution in [1.82, 2.24) is 19.8 Å². The predicted octanol–water partition coefficient (Wildman–Crippen LogP) is 3.43. The molecule has 4 N–H and O–H groups in total. The highest BCUT2D eigenvalue weighted by Crippen LogP contribution is 2.32. The molecule has 2 aromatic carbocycles. The quantitative estimate of drug-likeness (QED) is 0.452. The number of urea groups is 1. The number of nitrogens with one attached hydrogen (secondary N) is 2. The van der Waals surface area contributed by atoms with Gasteiger partial charge < -0.3 is 29.7 Å². The van der Waals surface area contributed by atoms with Gasteiger partial charge in [0, 0.05) is 18.7 Å². The Kier molecular flexibility index (Phi) is 5.93. The fourth-order valence-corrected chi connectivity index (χ4v) is 4.53. The third kappa shape index (κ3) is 4.72. The number of benzene rings is 2. The minimum absolute atomic E-state index is 0.148. The zero-order valence-electron chi connectivity index (χ0n) is 19.0. The summed E-state index contributed by atoms with van der Waals surface area (Å²) in [6, 6.07) is 11.2. The lowest BCUT2D eigenvalue weighted by atomic mass is 9.93. The highest BCUT2D eigenvalue weighted by molar-refractivity contribution is 5.87. The normalized spacial score (nSPS) is 17.4. The number of aliphatic hydroxyl groups is 1. The minimum atomic E-state index is -1.33. The molecule has 3 amide bonds. The molecule has 184 valence electrons. The number of carbonyl (C=O) groups is 2. The van der Waals surface area contributed by atoms with E-state index in [1.54, 1.807) is 15.9 Å². The fourth-order valence-electron chi connectivity index (χ4n) is 4.53. The van der Waals surface area contributed by atoms with E-state index in [-0.39, 0.29) is 24.8 Å². The second kappa shape index (κ2) is 9.06. The van der Waals surface area contributed by atoms with Crippen molar-refractivity contribution in [3.8, 4) is 16.9 Å². The number of ether oxygens (including phenoxy) is 1. The van der Waals surface area contributed by atoms with E-state index in [0.717, 1.165) is 16.7 Å². The summed E-state index contributed by atoms with van der Waals surface area (Å²) in [6.07, 6.45) is -0.753. The van der Waals surface area contributed by atoms with Gasteiger partial charge in [0.25, 0.3) is 0 Å². The number of anilines is 1. The maximum atomic E-state index is 13.2. The maximum absolute atomic E-state index is 13.2. The number of likely N-dealkylation sites (tertiary alicyclic amines) is 1. The van der Waals surface area contributed by atoms with Gasteiger partial charge in [0.1, 0.15) is 19.0 Å². The van der Waals surface area contributed by atoms with Crippen molar-refractivity contribution in [3.05, 3.63) is 42.0 Å². The van der Waals surface area contributed by atoms with Crippen molar-refractivity contribution in [2.75, 3.05) is 38.2 Å². The van der Waals surface area contributed by atoms with Crippen LogP contribution in [0.1, 0.15) is 18.4 Å². The summed E-state index contributed by atoms with van der Waals surface area (Å²) in [4.78, 5) is 34.6. The van der Waals surface area contributed by atoms with Crippen LogP contribution in [0.4, 0.5) is 19.9 Å². The second-order valence-electron chi connectivity index (χ2n) is 8.97. The van der Waals surface area contributed by atoms with Crippen LogP contribution in [0.5, 0.6) is 5.75 Å². The van der Waals surface area contributed by atoms with E-state index in [1.165, 1.54) is 0 Å². The molecule has 3 aromatic rings. The molecule has 0 bridgehead atoms. The molecule has 0 unspecified atom stereocenters. The van der Waals surface area contributed by atoms with Crippen LogP contribution in [0.25, 0.3) is 22.2 Å². The molecule has 0 saturated carbocycles. The van der Waals surface area contributed by atoms with E-state index in [4.69, 9.17) is 9.84 Å². The van der Waals surface area contributed by atoms with Crippen LogP contribution in [-0.2, 0) is 6.54 Å². The number of hydrogen-bond acceptors (Lipinski definition) is 5. The van der Waals surface area contributed by atoms with Crippen molar-refractivity contribution < 1.29 is 28.9 Å². The lowest BCUT2D eigenvalue weighted by Gasteiger charge is -2.38. The first-order chi connectivity index (χ1) is 16.8. The largest absolute Gasteiger partial charge is 0.491 e. The molecular weight excluding hydrogens is 457 g/mol. The average Bonchev–Trinajstić information content (AvgIpc) is 3.11. The minimum Gasteiger partial charge on any atom is -0.491 e. The zero-order chi connectivity index (χ0) is 24.6. The van der Waals surface area contributed by atoms with E-state index in [1.807, 2.05) is 30.3 Å². The number of halogens is 1. The highest BCUT2D eigenvalue weighted by atomic mass is 19.1. The number of rotatable bonds is 3. The summed E-state index contributed by atoms with van der Waals surface area (Å²) in [6.45, 7) is 0.972. The Morgan fingerprint density at radius 1 is 1.11 bits per heavy atom. The number of hydrogen-bond donors (Lipinski definition) is 4. The number of aromatic nitrogens is 2. The lowest BCUT2D eigenvalue weighted by Crippen LogP contribution is -2.52. The number of nitrogens with zero attached hydrogens (tertiary/aromatic N) is 3. The molecule has 35 heavy (non-hydrogen) atoms. The summed E-state index contributed by atoms with van der Waals surface area (Å²) in [5.41, 5.74) is 2.66. The fraction of sp³-hybridized carbons (Fsp3) is 0.375. The number of fused-ring (bicyclic) bond motifs is 2. The Bertz CT molecular complexity index is 1270. The summed E-state index contributed by atoms with van der Waals surface area (Å²) >= 11 is 0. The number of piperidine rings is 1. The van der Waals surface area contributed by atoms with Gasteiger partial charge in [-0.1, -0.05) is 12.1 Å². The average molecular weight is 484 g/mol. The van der Waals surface area contributed by atoms with Gasteiger partial charge in [0.2, 0.25) is 5.95 Å². The number of carboxylic acid groups (broad SMARTS) is 1. The number of amides is 3. The first-order valence-corrected chi connectivity index (χ1v) is 11.4. The first-order valence-electron chi connectivity index (χ1n) is 11.4. The molecule has 1 fully saturated rings. The molecule has 10 nitrogen and oxygen atoms in total. The number of aromatic amines is 1. The topological polar surface area (TPSA) is 131 Å². The van der Waals surface area contributed by atoms with Crippen molar-refractivity contribution in [2.24, 2.45) is 0 Å². The Morgan fingerprint density at radius 3 is 2.60 bits per heavy atom. The molecule has 2 aliphatic rings. The summed E-state index contributed by atoms with van der Waals surface area (Å²) in [5, 5.41) is 21.2. The third-order valence-corrected chi connectivity index (χ3v) is 6.56. The smallest absolute Gasteiger partial charge is 0.411 e. The molecule has 1 saturated heterocycles. The van der Waals surface area contributed by atoms with Crippen LogP contribution in [0.2, 0.25) is 0 Å². The number of H-pyrrole nitrogens is 1. The Hall–Kier alpha value is -3.86. The molecule has 0 spiro atoms. The van der Waals surface area contributed by atoms with Crippen LogP contribution < -0.4 is 10.1 Å². The Labute approximate surface area is 200 Å². The summed E-state index contributed by atoms with van der Waals surface area (Å²) in [5.74, 6) is 0.863. The Balaban J connectivity index is 1.35. The van der Waals surface area contributed by atoms with Crippen LogP contribution in [0.3, 0.4) is 0 Å². The van der Waals surface area contributed by atoms with Crippen molar-refractivity contribution in [3.63, 3.8) is 0 Å². The van der Waals surface area contributed by atoms with Crippen molar-refractivity contribution >= 4 is 29.1 Å². The van der Waals surface area contributed by atoms with Gasteiger partial charge in [0.15, 0.2) is 0 Å². The number of imidazole rings is 1. The molecule has 5 rings (SSSR count). The molecule has 3 heterocycles. The number of carbonyl (C=O) groups excluding carboxylic acids is 1. The van der Waals surface area contributed by atoms with Crippen molar-refractivity contribution in [2.45, 2.75) is 25.0 Å². The van der Waals surface area contributed by atoms with Gasteiger partial charge in [0.05, 0.1) is 29.7 Å².